The maximum Gasteiger partial charge on any atom is 0.450 e. The van der Waals surface area contributed by atoms with Gasteiger partial charge in [0.15, 0.2) is 5.78 Å². The third kappa shape index (κ3) is 3.75. The number of carbonyl (C=O) groups is 2. The molecule has 0 aliphatic carbocycles. The molecule has 0 saturated heterocycles. The standard InChI is InChI=1S/C15H10F3NO2/c16-15(17,18)14(21)9-13(20)12-3-1-10(2-4-12)11-5-7-19-8-6-11/h1-8H,9H2. The van der Waals surface area contributed by atoms with Gasteiger partial charge in [-0.2, -0.15) is 13.2 Å². The number of benzene rings is 1. The van der Waals surface area contributed by atoms with Gasteiger partial charge in [-0.1, -0.05) is 24.3 Å². The fraction of sp³-hybridized carbons (Fsp3) is 0.133. The lowest BCUT2D eigenvalue weighted by Gasteiger charge is -2.05. The SMILES string of the molecule is O=C(CC(=O)C(F)(F)F)c1ccc(-c2ccncc2)cc1. The van der Waals surface area contributed by atoms with Crippen LogP contribution in [0.2, 0.25) is 0 Å². The van der Waals surface area contributed by atoms with E-state index in [2.05, 4.69) is 4.98 Å². The molecular weight excluding hydrogens is 283 g/mol. The quantitative estimate of drug-likeness (QED) is 0.640. The Morgan fingerprint density at radius 3 is 1.95 bits per heavy atom. The molecule has 1 aromatic carbocycles. The molecule has 21 heavy (non-hydrogen) atoms. The summed E-state index contributed by atoms with van der Waals surface area (Å²) in [7, 11) is 0. The predicted molar refractivity (Wildman–Crippen MR) is 69.7 cm³/mol. The van der Waals surface area contributed by atoms with E-state index in [0.717, 1.165) is 11.1 Å². The van der Waals surface area contributed by atoms with Crippen LogP contribution in [0.1, 0.15) is 16.8 Å². The summed E-state index contributed by atoms with van der Waals surface area (Å²) in [5.74, 6) is -2.88. The van der Waals surface area contributed by atoms with Gasteiger partial charge < -0.3 is 0 Å². The van der Waals surface area contributed by atoms with Gasteiger partial charge in [-0.05, 0) is 23.3 Å². The van der Waals surface area contributed by atoms with E-state index >= 15 is 0 Å². The second-order valence-corrected chi connectivity index (χ2v) is 4.33. The monoisotopic (exact) mass is 293 g/mol. The van der Waals surface area contributed by atoms with Crippen molar-refractivity contribution in [3.05, 3.63) is 54.4 Å². The van der Waals surface area contributed by atoms with Crippen molar-refractivity contribution in [1.82, 2.24) is 4.98 Å². The lowest BCUT2D eigenvalue weighted by Crippen LogP contribution is -2.25. The van der Waals surface area contributed by atoms with Gasteiger partial charge in [0.25, 0.3) is 0 Å². The molecule has 0 spiro atoms. The highest BCUT2D eigenvalue weighted by molar-refractivity contribution is 6.09. The van der Waals surface area contributed by atoms with Crippen LogP contribution in [0, 0.1) is 0 Å². The van der Waals surface area contributed by atoms with Crippen LogP contribution in [-0.2, 0) is 4.79 Å². The summed E-state index contributed by atoms with van der Waals surface area (Å²) in [4.78, 5) is 26.3. The number of alkyl halides is 3. The number of Topliss-reactive ketones (excluding diaryl/α,β-unsaturated/α-hetero) is 2. The fourth-order valence-corrected chi connectivity index (χ4v) is 1.74. The van der Waals surface area contributed by atoms with E-state index in [0.29, 0.717) is 0 Å². The third-order valence-electron chi connectivity index (χ3n) is 2.86. The minimum Gasteiger partial charge on any atom is -0.294 e. The average Bonchev–Trinajstić information content (AvgIpc) is 2.47. The second kappa shape index (κ2) is 5.87. The Morgan fingerprint density at radius 1 is 0.905 bits per heavy atom. The molecule has 2 rings (SSSR count). The van der Waals surface area contributed by atoms with Crippen LogP contribution in [0.3, 0.4) is 0 Å². The Kier molecular flexibility index (Phi) is 4.16. The molecule has 1 aromatic heterocycles. The number of ketones is 2. The summed E-state index contributed by atoms with van der Waals surface area (Å²) in [6.45, 7) is 0. The van der Waals surface area contributed by atoms with Crippen molar-refractivity contribution < 1.29 is 22.8 Å². The van der Waals surface area contributed by atoms with Gasteiger partial charge in [-0.3, -0.25) is 14.6 Å². The van der Waals surface area contributed by atoms with Crippen LogP contribution in [0.25, 0.3) is 11.1 Å². The molecular formula is C15H10F3NO2. The molecule has 0 atom stereocenters. The lowest BCUT2D eigenvalue weighted by molar-refractivity contribution is -0.170. The molecule has 0 aliphatic rings. The van der Waals surface area contributed by atoms with Crippen LogP contribution < -0.4 is 0 Å². The Hall–Kier alpha value is -2.50. The molecule has 0 aliphatic heterocycles. The largest absolute Gasteiger partial charge is 0.450 e. The summed E-state index contributed by atoms with van der Waals surface area (Å²) in [5, 5.41) is 0. The number of hydrogen-bond donors (Lipinski definition) is 0. The van der Waals surface area contributed by atoms with Crippen molar-refractivity contribution in [2.45, 2.75) is 12.6 Å². The summed E-state index contributed by atoms with van der Waals surface area (Å²) in [6, 6.07) is 9.57. The molecule has 108 valence electrons. The molecule has 0 saturated carbocycles. The Labute approximate surface area is 118 Å². The van der Waals surface area contributed by atoms with E-state index in [9.17, 15) is 22.8 Å². The Balaban J connectivity index is 2.13. The predicted octanol–water partition coefficient (Wildman–Crippen LogP) is 3.45. The topological polar surface area (TPSA) is 47.0 Å². The highest BCUT2D eigenvalue weighted by Gasteiger charge is 2.39. The van der Waals surface area contributed by atoms with E-state index in [4.69, 9.17) is 0 Å². The number of halogens is 3. The van der Waals surface area contributed by atoms with E-state index in [1.807, 2.05) is 0 Å². The van der Waals surface area contributed by atoms with Crippen LogP contribution in [0.4, 0.5) is 13.2 Å². The van der Waals surface area contributed by atoms with Crippen molar-refractivity contribution in [3.63, 3.8) is 0 Å². The first-order chi connectivity index (χ1) is 9.88. The van der Waals surface area contributed by atoms with E-state index in [1.165, 1.54) is 12.1 Å². The highest BCUT2D eigenvalue weighted by atomic mass is 19.4. The van der Waals surface area contributed by atoms with Gasteiger partial charge >= 0.3 is 6.18 Å². The fourth-order valence-electron chi connectivity index (χ4n) is 1.74. The summed E-state index contributed by atoms with van der Waals surface area (Å²) in [5.41, 5.74) is 1.75. The minimum atomic E-state index is -4.98. The van der Waals surface area contributed by atoms with Crippen LogP contribution in [0.5, 0.6) is 0 Å². The maximum atomic E-state index is 12.1. The van der Waals surface area contributed by atoms with E-state index < -0.39 is 24.2 Å². The number of hydrogen-bond acceptors (Lipinski definition) is 3. The second-order valence-electron chi connectivity index (χ2n) is 4.33. The summed E-state index contributed by atoms with van der Waals surface area (Å²) in [6.07, 6.45) is -2.93. The number of rotatable bonds is 4. The highest BCUT2D eigenvalue weighted by Crippen LogP contribution is 2.21. The third-order valence-corrected chi connectivity index (χ3v) is 2.86. The minimum absolute atomic E-state index is 0.0745. The van der Waals surface area contributed by atoms with Gasteiger partial charge in [-0.15, -0.1) is 0 Å². The van der Waals surface area contributed by atoms with Crippen LogP contribution in [0.15, 0.2) is 48.8 Å². The number of pyridine rings is 1. The zero-order chi connectivity index (χ0) is 15.5. The van der Waals surface area contributed by atoms with Crippen molar-refractivity contribution in [1.29, 1.82) is 0 Å². The number of carbonyl (C=O) groups excluding carboxylic acids is 2. The summed E-state index contributed by atoms with van der Waals surface area (Å²) >= 11 is 0. The van der Waals surface area contributed by atoms with Crippen molar-refractivity contribution >= 4 is 11.6 Å². The van der Waals surface area contributed by atoms with Crippen molar-refractivity contribution in [2.24, 2.45) is 0 Å². The van der Waals surface area contributed by atoms with Gasteiger partial charge in [0.2, 0.25) is 5.78 Å². The zero-order valence-electron chi connectivity index (χ0n) is 10.7. The molecule has 0 unspecified atom stereocenters. The molecule has 6 heteroatoms. The summed E-state index contributed by atoms with van der Waals surface area (Å²) < 4.78 is 36.3. The van der Waals surface area contributed by atoms with Gasteiger partial charge in [0, 0.05) is 18.0 Å². The van der Waals surface area contributed by atoms with Crippen molar-refractivity contribution in [3.8, 4) is 11.1 Å². The van der Waals surface area contributed by atoms with Crippen LogP contribution >= 0.6 is 0 Å². The van der Waals surface area contributed by atoms with E-state index in [-0.39, 0.29) is 5.56 Å². The first kappa shape index (κ1) is 14.9. The molecule has 0 amide bonds. The van der Waals surface area contributed by atoms with Gasteiger partial charge in [0.1, 0.15) is 0 Å². The van der Waals surface area contributed by atoms with Gasteiger partial charge in [0.05, 0.1) is 6.42 Å². The Morgan fingerprint density at radius 2 is 1.43 bits per heavy atom. The molecule has 2 aromatic rings. The molecule has 0 N–H and O–H groups in total. The number of nitrogens with zero attached hydrogens (tertiary/aromatic N) is 1. The number of aromatic nitrogens is 1. The zero-order valence-corrected chi connectivity index (χ0v) is 10.7. The molecule has 0 bridgehead atoms. The molecule has 1 heterocycles. The van der Waals surface area contributed by atoms with Crippen molar-refractivity contribution in [2.75, 3.05) is 0 Å². The smallest absolute Gasteiger partial charge is 0.294 e. The first-order valence-electron chi connectivity index (χ1n) is 6.01. The van der Waals surface area contributed by atoms with Crippen LogP contribution in [-0.4, -0.2) is 22.7 Å². The maximum absolute atomic E-state index is 12.1. The molecule has 0 fully saturated rings. The average molecular weight is 293 g/mol. The van der Waals surface area contributed by atoms with E-state index in [1.54, 1.807) is 36.7 Å². The van der Waals surface area contributed by atoms with Gasteiger partial charge in [-0.25, -0.2) is 0 Å². The normalized spacial score (nSPS) is 11.2. The molecule has 0 radical (unpaired) electrons. The first-order valence-corrected chi connectivity index (χ1v) is 6.01. The Bertz CT molecular complexity index is 649. The molecule has 3 nitrogen and oxygen atoms in total. The lowest BCUT2D eigenvalue weighted by atomic mass is 10.0.